The topological polar surface area (TPSA) is 25.2 Å². The Bertz CT molecular complexity index is 771. The first-order valence-electron chi connectivity index (χ1n) is 7.19. The minimum atomic E-state index is -0.764. The van der Waals surface area contributed by atoms with E-state index in [1.807, 2.05) is 6.07 Å². The molecule has 0 aliphatic rings. The van der Waals surface area contributed by atoms with Crippen LogP contribution in [0.1, 0.15) is 22.9 Å². The quantitative estimate of drug-likeness (QED) is 0.648. The number of hydrogen-bond acceptors (Lipinski definition) is 2. The van der Waals surface area contributed by atoms with Gasteiger partial charge < -0.3 is 0 Å². The molecule has 0 radical (unpaired) electrons. The van der Waals surface area contributed by atoms with Crippen molar-refractivity contribution in [2.75, 3.05) is 0 Å². The molecule has 0 amide bonds. The first-order chi connectivity index (χ1) is 11.3. The van der Waals surface area contributed by atoms with Gasteiger partial charge in [-0.15, -0.1) is 0 Å². The van der Waals surface area contributed by atoms with Gasteiger partial charge >= 0.3 is 0 Å². The third-order valence-electron chi connectivity index (χ3n) is 3.44. The standard InChI is InChI=1S/C19H14F2N2/c20-17-10-3-1-8-15(17)19(16-9-2-4-11-18(16)21)23-13-14-7-5-6-12-22-14/h1-13,19H. The summed E-state index contributed by atoms with van der Waals surface area (Å²) in [4.78, 5) is 8.53. The van der Waals surface area contributed by atoms with Gasteiger partial charge in [-0.25, -0.2) is 8.78 Å². The Labute approximate surface area is 133 Å². The first kappa shape index (κ1) is 15.0. The van der Waals surface area contributed by atoms with E-state index in [4.69, 9.17) is 0 Å². The molecular weight excluding hydrogens is 294 g/mol. The second-order valence-electron chi connectivity index (χ2n) is 4.98. The summed E-state index contributed by atoms with van der Waals surface area (Å²) >= 11 is 0. The van der Waals surface area contributed by atoms with Crippen molar-refractivity contribution in [3.8, 4) is 0 Å². The van der Waals surface area contributed by atoms with Crippen molar-refractivity contribution in [3.05, 3.63) is 101 Å². The molecule has 114 valence electrons. The van der Waals surface area contributed by atoms with Crippen LogP contribution in [-0.2, 0) is 0 Å². The fraction of sp³-hybridized carbons (Fsp3) is 0.0526. The van der Waals surface area contributed by atoms with Crippen LogP contribution in [0.5, 0.6) is 0 Å². The van der Waals surface area contributed by atoms with Crippen LogP contribution in [0.2, 0.25) is 0 Å². The van der Waals surface area contributed by atoms with Crippen LogP contribution in [0.15, 0.2) is 77.9 Å². The number of aromatic nitrogens is 1. The Morgan fingerprint density at radius 2 is 1.35 bits per heavy atom. The van der Waals surface area contributed by atoms with E-state index >= 15 is 0 Å². The highest BCUT2D eigenvalue weighted by Crippen LogP contribution is 2.29. The third kappa shape index (κ3) is 3.48. The second-order valence-corrected chi connectivity index (χ2v) is 4.98. The Balaban J connectivity index is 2.06. The average molecular weight is 308 g/mol. The van der Waals surface area contributed by atoms with E-state index in [-0.39, 0.29) is 0 Å². The van der Waals surface area contributed by atoms with Gasteiger partial charge in [0.2, 0.25) is 0 Å². The van der Waals surface area contributed by atoms with E-state index in [2.05, 4.69) is 9.98 Å². The van der Waals surface area contributed by atoms with E-state index in [1.165, 1.54) is 18.3 Å². The molecule has 0 saturated carbocycles. The molecule has 1 aromatic heterocycles. The number of halogens is 2. The van der Waals surface area contributed by atoms with Crippen molar-refractivity contribution >= 4 is 6.21 Å². The lowest BCUT2D eigenvalue weighted by atomic mass is 9.98. The van der Waals surface area contributed by atoms with Gasteiger partial charge in [0.25, 0.3) is 0 Å². The van der Waals surface area contributed by atoms with Crippen molar-refractivity contribution < 1.29 is 8.78 Å². The summed E-state index contributed by atoms with van der Waals surface area (Å²) in [7, 11) is 0. The summed E-state index contributed by atoms with van der Waals surface area (Å²) in [6.45, 7) is 0. The normalized spacial score (nSPS) is 11.3. The predicted octanol–water partition coefficient (Wildman–Crippen LogP) is 4.57. The van der Waals surface area contributed by atoms with Crippen LogP contribution in [0.4, 0.5) is 8.78 Å². The summed E-state index contributed by atoms with van der Waals surface area (Å²) in [5.74, 6) is -0.835. The molecule has 23 heavy (non-hydrogen) atoms. The maximum Gasteiger partial charge on any atom is 0.128 e. The molecule has 4 heteroatoms. The Hall–Kier alpha value is -2.88. The van der Waals surface area contributed by atoms with E-state index < -0.39 is 17.7 Å². The summed E-state index contributed by atoms with van der Waals surface area (Å²) < 4.78 is 28.3. The van der Waals surface area contributed by atoms with Crippen molar-refractivity contribution in [2.45, 2.75) is 6.04 Å². The zero-order valence-corrected chi connectivity index (χ0v) is 12.2. The molecule has 3 aromatic rings. The van der Waals surface area contributed by atoms with Crippen molar-refractivity contribution in [1.82, 2.24) is 4.98 Å². The molecule has 0 saturated heterocycles. The summed E-state index contributed by atoms with van der Waals surface area (Å²) in [6.07, 6.45) is 3.17. The fourth-order valence-electron chi connectivity index (χ4n) is 2.33. The van der Waals surface area contributed by atoms with Gasteiger partial charge in [-0.2, -0.15) is 0 Å². The first-order valence-corrected chi connectivity index (χ1v) is 7.19. The lowest BCUT2D eigenvalue weighted by Gasteiger charge is -2.15. The number of hydrogen-bond donors (Lipinski definition) is 0. The maximum atomic E-state index is 14.2. The Morgan fingerprint density at radius 3 is 1.87 bits per heavy atom. The molecule has 1 heterocycles. The van der Waals surface area contributed by atoms with Gasteiger partial charge in [0.05, 0.1) is 5.69 Å². The largest absolute Gasteiger partial charge is 0.278 e. The highest BCUT2D eigenvalue weighted by Gasteiger charge is 2.19. The number of pyridine rings is 1. The summed E-state index contributed by atoms with van der Waals surface area (Å²) in [5.41, 5.74) is 1.28. The fourth-order valence-corrected chi connectivity index (χ4v) is 2.33. The molecule has 0 fully saturated rings. The number of nitrogens with zero attached hydrogens (tertiary/aromatic N) is 2. The summed E-state index contributed by atoms with van der Waals surface area (Å²) in [5, 5.41) is 0. The van der Waals surface area contributed by atoms with Gasteiger partial charge in [-0.05, 0) is 24.3 Å². The molecule has 0 aliphatic heterocycles. The van der Waals surface area contributed by atoms with Crippen LogP contribution >= 0.6 is 0 Å². The van der Waals surface area contributed by atoms with E-state index in [0.717, 1.165) is 0 Å². The average Bonchev–Trinajstić information content (AvgIpc) is 2.59. The maximum absolute atomic E-state index is 14.2. The van der Waals surface area contributed by atoms with E-state index in [9.17, 15) is 8.78 Å². The molecule has 3 rings (SSSR count). The van der Waals surface area contributed by atoms with Crippen LogP contribution in [-0.4, -0.2) is 11.2 Å². The molecule has 0 atom stereocenters. The molecule has 0 aliphatic carbocycles. The van der Waals surface area contributed by atoms with Crippen molar-refractivity contribution in [3.63, 3.8) is 0 Å². The Kier molecular flexibility index (Phi) is 4.52. The number of benzene rings is 2. The third-order valence-corrected chi connectivity index (χ3v) is 3.44. The molecule has 0 spiro atoms. The molecule has 2 nitrogen and oxygen atoms in total. The number of aliphatic imine (C=N–C) groups is 1. The smallest absolute Gasteiger partial charge is 0.128 e. The zero-order valence-electron chi connectivity index (χ0n) is 12.2. The lowest BCUT2D eigenvalue weighted by molar-refractivity contribution is 0.577. The minimum absolute atomic E-state index is 0.324. The van der Waals surface area contributed by atoms with Crippen LogP contribution < -0.4 is 0 Å². The molecule has 0 unspecified atom stereocenters. The van der Waals surface area contributed by atoms with Crippen LogP contribution in [0.3, 0.4) is 0 Å². The molecule has 0 bridgehead atoms. The van der Waals surface area contributed by atoms with Gasteiger partial charge in [0.1, 0.15) is 17.7 Å². The zero-order chi connectivity index (χ0) is 16.1. The SMILES string of the molecule is Fc1ccccc1C(N=Cc1ccccn1)c1ccccc1F. The van der Waals surface area contributed by atoms with Gasteiger partial charge in [-0.3, -0.25) is 9.98 Å². The van der Waals surface area contributed by atoms with Crippen LogP contribution in [0.25, 0.3) is 0 Å². The van der Waals surface area contributed by atoms with Crippen molar-refractivity contribution in [1.29, 1.82) is 0 Å². The highest BCUT2D eigenvalue weighted by atomic mass is 19.1. The molecule has 2 aromatic carbocycles. The van der Waals surface area contributed by atoms with E-state index in [0.29, 0.717) is 16.8 Å². The van der Waals surface area contributed by atoms with Gasteiger partial charge in [-0.1, -0.05) is 42.5 Å². The van der Waals surface area contributed by atoms with Gasteiger partial charge in [0.15, 0.2) is 0 Å². The summed E-state index contributed by atoms with van der Waals surface area (Å²) in [6, 6.07) is 17.2. The van der Waals surface area contributed by atoms with E-state index in [1.54, 1.807) is 54.7 Å². The molecular formula is C19H14F2N2. The lowest BCUT2D eigenvalue weighted by Crippen LogP contribution is -2.04. The Morgan fingerprint density at radius 1 is 0.783 bits per heavy atom. The van der Waals surface area contributed by atoms with Crippen molar-refractivity contribution in [2.24, 2.45) is 4.99 Å². The van der Waals surface area contributed by atoms with Gasteiger partial charge in [0, 0.05) is 23.5 Å². The predicted molar refractivity (Wildman–Crippen MR) is 86.5 cm³/mol. The minimum Gasteiger partial charge on any atom is -0.278 e. The highest BCUT2D eigenvalue weighted by molar-refractivity contribution is 5.77. The number of rotatable bonds is 4. The molecule has 0 N–H and O–H groups in total. The monoisotopic (exact) mass is 308 g/mol. The van der Waals surface area contributed by atoms with Crippen LogP contribution in [0, 0.1) is 11.6 Å². The second kappa shape index (κ2) is 6.92.